The van der Waals surface area contributed by atoms with Crippen molar-refractivity contribution in [2.45, 2.75) is 33.6 Å². The second kappa shape index (κ2) is 6.08. The lowest BCUT2D eigenvalue weighted by molar-refractivity contribution is 0.0519. The zero-order valence-electron chi connectivity index (χ0n) is 11.9. The Morgan fingerprint density at radius 2 is 2.21 bits per heavy atom. The van der Waals surface area contributed by atoms with Gasteiger partial charge in [-0.1, -0.05) is 13.8 Å². The van der Waals surface area contributed by atoms with E-state index < -0.39 is 5.97 Å². The number of nitrogens with zero attached hydrogens (tertiary/aromatic N) is 2. The molecule has 2 heterocycles. The second-order valence-electron chi connectivity index (χ2n) is 5.30. The van der Waals surface area contributed by atoms with Gasteiger partial charge < -0.3 is 14.1 Å². The number of ether oxygens (including phenoxy) is 1. The second-order valence-corrected chi connectivity index (χ2v) is 5.30. The number of hydrogen-bond donors (Lipinski definition) is 0. The van der Waals surface area contributed by atoms with Crippen LogP contribution in [0.25, 0.3) is 0 Å². The maximum absolute atomic E-state index is 11.5. The molecule has 0 bridgehead atoms. The molecule has 0 aliphatic carbocycles. The first-order valence-electron chi connectivity index (χ1n) is 6.99. The summed E-state index contributed by atoms with van der Waals surface area (Å²) in [6, 6.07) is 0.533. The van der Waals surface area contributed by atoms with Gasteiger partial charge in [-0.25, -0.2) is 4.79 Å². The Morgan fingerprint density at radius 1 is 1.53 bits per heavy atom. The molecular formula is C14H22N2O3. The number of carbonyl (C=O) groups excluding carboxylic acids is 1. The van der Waals surface area contributed by atoms with Crippen molar-refractivity contribution in [3.05, 3.63) is 12.0 Å². The number of aromatic nitrogens is 1. The molecule has 1 fully saturated rings. The van der Waals surface area contributed by atoms with E-state index in [0.29, 0.717) is 12.6 Å². The Morgan fingerprint density at radius 3 is 2.79 bits per heavy atom. The molecule has 1 saturated heterocycles. The molecule has 5 heteroatoms. The molecule has 0 saturated carbocycles. The molecule has 2 rings (SSSR count). The monoisotopic (exact) mass is 266 g/mol. The molecule has 0 spiro atoms. The summed E-state index contributed by atoms with van der Waals surface area (Å²) in [7, 11) is 0. The molecule has 1 aromatic rings. The maximum atomic E-state index is 11.5. The van der Waals surface area contributed by atoms with Crippen LogP contribution in [0, 0.1) is 11.8 Å². The van der Waals surface area contributed by atoms with E-state index in [9.17, 15) is 4.79 Å². The van der Waals surface area contributed by atoms with Gasteiger partial charge in [0.1, 0.15) is 6.26 Å². The summed E-state index contributed by atoms with van der Waals surface area (Å²) in [5.41, 5.74) is 0.253. The zero-order valence-corrected chi connectivity index (χ0v) is 11.9. The summed E-state index contributed by atoms with van der Waals surface area (Å²) < 4.78 is 10.3. The number of hydrogen-bond acceptors (Lipinski definition) is 5. The van der Waals surface area contributed by atoms with Gasteiger partial charge in [0, 0.05) is 13.1 Å². The summed E-state index contributed by atoms with van der Waals surface area (Å²) in [5, 5.41) is 0. The van der Waals surface area contributed by atoms with Crippen molar-refractivity contribution in [1.82, 2.24) is 4.98 Å². The standard InChI is InChI=1S/C14H22N2O3/c1-4-18-13(17)12-9-19-14(15-12)16-7-5-11(6-8-16)10(2)3/h9-11H,4-8H2,1-3H3. The fourth-order valence-corrected chi connectivity index (χ4v) is 2.47. The van der Waals surface area contributed by atoms with E-state index >= 15 is 0 Å². The number of oxazole rings is 1. The lowest BCUT2D eigenvalue weighted by Gasteiger charge is -2.32. The molecule has 0 amide bonds. The molecular weight excluding hydrogens is 244 g/mol. The highest BCUT2D eigenvalue weighted by molar-refractivity contribution is 5.87. The molecule has 0 radical (unpaired) electrons. The minimum Gasteiger partial charge on any atom is -0.461 e. The highest BCUT2D eigenvalue weighted by Gasteiger charge is 2.25. The lowest BCUT2D eigenvalue weighted by Crippen LogP contribution is -2.35. The predicted molar refractivity (Wildman–Crippen MR) is 72.2 cm³/mol. The number of anilines is 1. The zero-order chi connectivity index (χ0) is 13.8. The van der Waals surface area contributed by atoms with E-state index in [2.05, 4.69) is 23.7 Å². The van der Waals surface area contributed by atoms with E-state index in [1.807, 2.05) is 0 Å². The van der Waals surface area contributed by atoms with Crippen LogP contribution in [0.15, 0.2) is 10.7 Å². The van der Waals surface area contributed by atoms with Crippen molar-refractivity contribution in [3.63, 3.8) is 0 Å². The normalized spacial score (nSPS) is 16.9. The van der Waals surface area contributed by atoms with Crippen LogP contribution >= 0.6 is 0 Å². The van der Waals surface area contributed by atoms with Crippen LogP contribution in [0.4, 0.5) is 6.01 Å². The first-order chi connectivity index (χ1) is 9.11. The molecule has 0 N–H and O–H groups in total. The summed E-state index contributed by atoms with van der Waals surface area (Å²) in [5.74, 6) is 1.08. The Labute approximate surface area is 113 Å². The van der Waals surface area contributed by atoms with E-state index in [1.54, 1.807) is 6.92 Å². The van der Waals surface area contributed by atoms with Crippen LogP contribution in [-0.2, 0) is 4.74 Å². The lowest BCUT2D eigenvalue weighted by atomic mass is 9.87. The number of piperidine rings is 1. The van der Waals surface area contributed by atoms with Crippen LogP contribution in [0.2, 0.25) is 0 Å². The average Bonchev–Trinajstić information content (AvgIpc) is 2.89. The Balaban J connectivity index is 1.95. The van der Waals surface area contributed by atoms with Gasteiger partial charge in [0.05, 0.1) is 6.61 Å². The fraction of sp³-hybridized carbons (Fsp3) is 0.714. The summed E-state index contributed by atoms with van der Waals surface area (Å²) >= 11 is 0. The molecule has 0 unspecified atom stereocenters. The predicted octanol–water partition coefficient (Wildman–Crippen LogP) is 2.72. The van der Waals surface area contributed by atoms with Gasteiger partial charge in [-0.2, -0.15) is 4.98 Å². The Kier molecular flexibility index (Phi) is 4.45. The summed E-state index contributed by atoms with van der Waals surface area (Å²) in [6.45, 7) is 8.53. The molecule has 1 aliphatic heterocycles. The molecule has 0 aromatic carbocycles. The van der Waals surface area contributed by atoms with Crippen LogP contribution in [0.1, 0.15) is 44.1 Å². The van der Waals surface area contributed by atoms with Gasteiger partial charge >= 0.3 is 5.97 Å². The van der Waals surface area contributed by atoms with Gasteiger partial charge in [0.2, 0.25) is 0 Å². The summed E-state index contributed by atoms with van der Waals surface area (Å²) in [6.07, 6.45) is 3.67. The van der Waals surface area contributed by atoms with Crippen molar-refractivity contribution in [1.29, 1.82) is 0 Å². The number of esters is 1. The average molecular weight is 266 g/mol. The van der Waals surface area contributed by atoms with Crippen molar-refractivity contribution < 1.29 is 13.9 Å². The highest BCUT2D eigenvalue weighted by Crippen LogP contribution is 2.27. The van der Waals surface area contributed by atoms with Gasteiger partial charge in [-0.15, -0.1) is 0 Å². The minimum atomic E-state index is -0.422. The molecule has 1 aromatic heterocycles. The van der Waals surface area contributed by atoms with Crippen molar-refractivity contribution in [3.8, 4) is 0 Å². The topological polar surface area (TPSA) is 55.6 Å². The smallest absolute Gasteiger partial charge is 0.360 e. The summed E-state index contributed by atoms with van der Waals surface area (Å²) in [4.78, 5) is 17.8. The fourth-order valence-electron chi connectivity index (χ4n) is 2.47. The van der Waals surface area contributed by atoms with E-state index in [4.69, 9.17) is 9.15 Å². The maximum Gasteiger partial charge on any atom is 0.360 e. The van der Waals surface area contributed by atoms with E-state index in [1.165, 1.54) is 6.26 Å². The SMILES string of the molecule is CCOC(=O)c1coc(N2CCC(C(C)C)CC2)n1. The first-order valence-corrected chi connectivity index (χ1v) is 6.99. The van der Waals surface area contributed by atoms with Crippen molar-refractivity contribution >= 4 is 12.0 Å². The van der Waals surface area contributed by atoms with Gasteiger partial charge in [-0.05, 0) is 31.6 Å². The van der Waals surface area contributed by atoms with Crippen LogP contribution in [-0.4, -0.2) is 30.6 Å². The quantitative estimate of drug-likeness (QED) is 0.784. The van der Waals surface area contributed by atoms with Crippen LogP contribution in [0.5, 0.6) is 0 Å². The third-order valence-corrected chi connectivity index (χ3v) is 3.73. The molecule has 1 aliphatic rings. The molecule has 0 atom stereocenters. The van der Waals surface area contributed by atoms with Crippen LogP contribution in [0.3, 0.4) is 0 Å². The van der Waals surface area contributed by atoms with Crippen molar-refractivity contribution in [2.75, 3.05) is 24.6 Å². The highest BCUT2D eigenvalue weighted by atomic mass is 16.5. The minimum absolute atomic E-state index is 0.253. The molecule has 19 heavy (non-hydrogen) atoms. The van der Waals surface area contributed by atoms with Gasteiger partial charge in [0.25, 0.3) is 6.01 Å². The van der Waals surface area contributed by atoms with Gasteiger partial charge in [0.15, 0.2) is 5.69 Å². The van der Waals surface area contributed by atoms with E-state index in [-0.39, 0.29) is 5.69 Å². The first kappa shape index (κ1) is 13.9. The number of carbonyl (C=O) groups is 1. The third kappa shape index (κ3) is 3.28. The van der Waals surface area contributed by atoms with Crippen molar-refractivity contribution in [2.24, 2.45) is 11.8 Å². The molecule has 106 valence electrons. The number of rotatable bonds is 4. The van der Waals surface area contributed by atoms with Gasteiger partial charge in [-0.3, -0.25) is 0 Å². The third-order valence-electron chi connectivity index (χ3n) is 3.73. The van der Waals surface area contributed by atoms with E-state index in [0.717, 1.165) is 37.8 Å². The van der Waals surface area contributed by atoms with Crippen LogP contribution < -0.4 is 4.90 Å². The Hall–Kier alpha value is -1.52. The molecule has 5 nitrogen and oxygen atoms in total. The largest absolute Gasteiger partial charge is 0.461 e. The Bertz CT molecular complexity index is 420.